The normalized spacial score (nSPS) is 17.7. The monoisotopic (exact) mass is 410 g/mol. The van der Waals surface area contributed by atoms with Crippen LogP contribution in [0.25, 0.3) is 0 Å². The molecule has 3 heterocycles. The van der Waals surface area contributed by atoms with Crippen LogP contribution in [0.5, 0.6) is 0 Å². The van der Waals surface area contributed by atoms with E-state index in [4.69, 9.17) is 4.74 Å². The number of morpholine rings is 1. The van der Waals surface area contributed by atoms with Gasteiger partial charge in [0.05, 0.1) is 29.9 Å². The summed E-state index contributed by atoms with van der Waals surface area (Å²) in [5.41, 5.74) is 2.28. The molecule has 150 valence electrons. The Kier molecular flexibility index (Phi) is 5.84. The molecule has 29 heavy (non-hydrogen) atoms. The summed E-state index contributed by atoms with van der Waals surface area (Å²) < 4.78 is 32.9. The molecule has 7 nitrogen and oxygen atoms in total. The summed E-state index contributed by atoms with van der Waals surface area (Å²) >= 11 is 0. The number of nitrogens with one attached hydrogen (secondary N) is 1. The van der Waals surface area contributed by atoms with Gasteiger partial charge in [-0.25, -0.2) is 13.4 Å². The number of ether oxygens (including phenoxy) is 1. The Hall–Kier alpha value is -2.81. The number of anilines is 2. The number of hydrogen-bond donors (Lipinski definition) is 1. The van der Waals surface area contributed by atoms with Crippen molar-refractivity contribution >= 4 is 21.5 Å². The van der Waals surface area contributed by atoms with Crippen LogP contribution in [0, 0.1) is 0 Å². The third-order valence-electron chi connectivity index (χ3n) is 4.67. The molecule has 3 aromatic rings. The standard InChI is InChI=1S/C21H22N4O3S/c26-29(27,16-17-6-2-1-3-7-17)25-12-13-28-20(15-25)19-10-9-18(14-23-19)24-21-8-4-5-11-22-21/h1-11,14,20H,12-13,15-16H2,(H,22,24). The van der Waals surface area contributed by atoms with E-state index in [0.717, 1.165) is 17.1 Å². The van der Waals surface area contributed by atoms with Crippen molar-refractivity contribution in [1.29, 1.82) is 0 Å². The number of benzene rings is 1. The lowest BCUT2D eigenvalue weighted by atomic mass is 10.2. The fourth-order valence-corrected chi connectivity index (χ4v) is 4.70. The molecule has 0 spiro atoms. The van der Waals surface area contributed by atoms with E-state index in [0.29, 0.717) is 18.8 Å². The predicted octanol–water partition coefficient (Wildman–Crippen LogP) is 3.12. The largest absolute Gasteiger partial charge is 0.369 e. The van der Waals surface area contributed by atoms with Crippen molar-refractivity contribution in [2.45, 2.75) is 11.9 Å². The van der Waals surface area contributed by atoms with Crippen molar-refractivity contribution in [3.63, 3.8) is 0 Å². The Labute approximate surface area is 170 Å². The van der Waals surface area contributed by atoms with Gasteiger partial charge in [0, 0.05) is 19.3 Å². The number of nitrogens with zero attached hydrogens (tertiary/aromatic N) is 3. The zero-order valence-electron chi connectivity index (χ0n) is 15.8. The Morgan fingerprint density at radius 2 is 1.86 bits per heavy atom. The van der Waals surface area contributed by atoms with Gasteiger partial charge in [0.25, 0.3) is 0 Å². The van der Waals surface area contributed by atoms with E-state index in [-0.39, 0.29) is 12.3 Å². The molecule has 0 amide bonds. The molecule has 1 atom stereocenters. The van der Waals surface area contributed by atoms with E-state index in [1.54, 1.807) is 12.4 Å². The lowest BCUT2D eigenvalue weighted by Crippen LogP contribution is -2.42. The third kappa shape index (κ3) is 4.97. The van der Waals surface area contributed by atoms with Gasteiger partial charge in [-0.1, -0.05) is 36.4 Å². The topological polar surface area (TPSA) is 84.4 Å². The second-order valence-corrected chi connectivity index (χ2v) is 8.74. The average molecular weight is 410 g/mol. The summed E-state index contributed by atoms with van der Waals surface area (Å²) in [6.07, 6.45) is 3.02. The first-order valence-electron chi connectivity index (χ1n) is 9.37. The van der Waals surface area contributed by atoms with E-state index < -0.39 is 16.1 Å². The van der Waals surface area contributed by atoms with Crippen molar-refractivity contribution in [2.24, 2.45) is 0 Å². The Morgan fingerprint density at radius 3 is 2.59 bits per heavy atom. The molecular weight excluding hydrogens is 388 g/mol. The minimum atomic E-state index is -3.42. The van der Waals surface area contributed by atoms with E-state index in [1.165, 1.54) is 4.31 Å². The summed E-state index contributed by atoms with van der Waals surface area (Å²) in [6, 6.07) is 18.6. The maximum atomic E-state index is 12.8. The Bertz CT molecular complexity index is 1030. The van der Waals surface area contributed by atoms with Gasteiger partial charge in [-0.05, 0) is 29.8 Å². The molecule has 0 saturated carbocycles. The number of rotatable bonds is 6. The molecule has 1 aromatic carbocycles. The van der Waals surface area contributed by atoms with Gasteiger partial charge < -0.3 is 10.1 Å². The van der Waals surface area contributed by atoms with Gasteiger partial charge in [-0.15, -0.1) is 0 Å². The first-order valence-corrected chi connectivity index (χ1v) is 11.0. The number of pyridine rings is 2. The Morgan fingerprint density at radius 1 is 1.03 bits per heavy atom. The zero-order valence-corrected chi connectivity index (χ0v) is 16.6. The van der Waals surface area contributed by atoms with Gasteiger partial charge in [-0.3, -0.25) is 4.98 Å². The molecule has 1 unspecified atom stereocenters. The van der Waals surface area contributed by atoms with Crippen LogP contribution in [0.2, 0.25) is 0 Å². The highest BCUT2D eigenvalue weighted by Crippen LogP contribution is 2.25. The van der Waals surface area contributed by atoms with Crippen LogP contribution in [0.3, 0.4) is 0 Å². The molecule has 0 aliphatic carbocycles. The smallest absolute Gasteiger partial charge is 0.218 e. The SMILES string of the molecule is O=S(=O)(Cc1ccccc1)N1CCOC(c2ccc(Nc3ccccn3)cn2)C1. The highest BCUT2D eigenvalue weighted by Gasteiger charge is 2.31. The van der Waals surface area contributed by atoms with Crippen molar-refractivity contribution in [1.82, 2.24) is 14.3 Å². The van der Waals surface area contributed by atoms with Crippen molar-refractivity contribution in [3.05, 3.63) is 84.3 Å². The number of hydrogen-bond acceptors (Lipinski definition) is 6. The second kappa shape index (κ2) is 8.69. The molecule has 1 N–H and O–H groups in total. The maximum Gasteiger partial charge on any atom is 0.218 e. The van der Waals surface area contributed by atoms with Crippen LogP contribution in [0.1, 0.15) is 17.4 Å². The van der Waals surface area contributed by atoms with Crippen LogP contribution in [-0.4, -0.2) is 42.4 Å². The summed E-state index contributed by atoms with van der Waals surface area (Å²) in [6.45, 7) is 0.953. The van der Waals surface area contributed by atoms with E-state index in [1.807, 2.05) is 60.7 Å². The minimum Gasteiger partial charge on any atom is -0.369 e. The van der Waals surface area contributed by atoms with Gasteiger partial charge in [0.1, 0.15) is 11.9 Å². The highest BCUT2D eigenvalue weighted by atomic mass is 32.2. The lowest BCUT2D eigenvalue weighted by Gasteiger charge is -2.32. The molecule has 0 radical (unpaired) electrons. The molecular formula is C21H22N4O3S. The third-order valence-corrected chi connectivity index (χ3v) is 6.48. The van der Waals surface area contributed by atoms with Gasteiger partial charge >= 0.3 is 0 Å². The summed E-state index contributed by atoms with van der Waals surface area (Å²) in [5.74, 6) is 0.718. The number of aromatic nitrogens is 2. The lowest BCUT2D eigenvalue weighted by molar-refractivity contribution is -0.00497. The zero-order chi connectivity index (χ0) is 20.1. The second-order valence-electron chi connectivity index (χ2n) is 6.77. The van der Waals surface area contributed by atoms with E-state index >= 15 is 0 Å². The minimum absolute atomic E-state index is 0.0130. The highest BCUT2D eigenvalue weighted by molar-refractivity contribution is 7.88. The Balaban J connectivity index is 1.43. The number of sulfonamides is 1. The average Bonchev–Trinajstić information content (AvgIpc) is 2.76. The molecule has 1 aliphatic heterocycles. The molecule has 8 heteroatoms. The van der Waals surface area contributed by atoms with Crippen LogP contribution in [0.15, 0.2) is 73.1 Å². The van der Waals surface area contributed by atoms with Crippen LogP contribution in [-0.2, 0) is 20.5 Å². The molecule has 1 aliphatic rings. The summed E-state index contributed by atoms with van der Waals surface area (Å²) in [5, 5.41) is 3.17. The fourth-order valence-electron chi connectivity index (χ4n) is 3.19. The van der Waals surface area contributed by atoms with Crippen LogP contribution in [0.4, 0.5) is 11.5 Å². The van der Waals surface area contributed by atoms with Gasteiger partial charge in [-0.2, -0.15) is 4.31 Å². The molecule has 2 aromatic heterocycles. The molecule has 0 bridgehead atoms. The van der Waals surface area contributed by atoms with E-state index in [9.17, 15) is 8.42 Å². The van der Waals surface area contributed by atoms with Gasteiger partial charge in [0.2, 0.25) is 10.0 Å². The van der Waals surface area contributed by atoms with Crippen molar-refractivity contribution in [2.75, 3.05) is 25.0 Å². The van der Waals surface area contributed by atoms with Crippen molar-refractivity contribution < 1.29 is 13.2 Å². The van der Waals surface area contributed by atoms with E-state index in [2.05, 4.69) is 15.3 Å². The first-order chi connectivity index (χ1) is 14.1. The quantitative estimate of drug-likeness (QED) is 0.672. The molecule has 1 saturated heterocycles. The summed E-state index contributed by atoms with van der Waals surface area (Å²) in [7, 11) is -3.42. The van der Waals surface area contributed by atoms with Gasteiger partial charge in [0.15, 0.2) is 0 Å². The van der Waals surface area contributed by atoms with Crippen molar-refractivity contribution in [3.8, 4) is 0 Å². The summed E-state index contributed by atoms with van der Waals surface area (Å²) in [4.78, 5) is 8.68. The molecule has 1 fully saturated rings. The first kappa shape index (κ1) is 19.5. The predicted molar refractivity (Wildman–Crippen MR) is 111 cm³/mol. The van der Waals surface area contributed by atoms with Crippen LogP contribution >= 0.6 is 0 Å². The van der Waals surface area contributed by atoms with Crippen LogP contribution < -0.4 is 5.32 Å². The maximum absolute atomic E-state index is 12.8. The molecule has 4 rings (SSSR count). The fraction of sp³-hybridized carbons (Fsp3) is 0.238.